The summed E-state index contributed by atoms with van der Waals surface area (Å²) in [5.41, 5.74) is 2.41. The average Bonchev–Trinajstić information content (AvgIpc) is 3.07. The van der Waals surface area contributed by atoms with Crippen LogP contribution in [-0.2, 0) is 0 Å². The first kappa shape index (κ1) is 16.4. The first-order valence-electron chi connectivity index (χ1n) is 8.01. The van der Waals surface area contributed by atoms with Crippen LogP contribution < -0.4 is 4.90 Å². The zero-order valence-electron chi connectivity index (χ0n) is 13.2. The highest BCUT2D eigenvalue weighted by molar-refractivity contribution is 5.68. The van der Waals surface area contributed by atoms with E-state index in [4.69, 9.17) is 9.52 Å². The fourth-order valence-electron chi connectivity index (χ4n) is 2.42. The third-order valence-corrected chi connectivity index (χ3v) is 3.71. The van der Waals surface area contributed by atoms with Crippen molar-refractivity contribution in [2.45, 2.75) is 26.2 Å². The molecule has 0 saturated carbocycles. The molecule has 1 aromatic heterocycles. The molecule has 22 heavy (non-hydrogen) atoms. The Morgan fingerprint density at radius 1 is 1.05 bits per heavy atom. The minimum absolute atomic E-state index is 0.294. The first-order valence-corrected chi connectivity index (χ1v) is 8.01. The second kappa shape index (κ2) is 9.11. The molecule has 0 spiro atoms. The van der Waals surface area contributed by atoms with E-state index in [-0.39, 0.29) is 0 Å². The molecule has 2 aromatic rings. The molecule has 1 N–H and O–H groups in total. The van der Waals surface area contributed by atoms with E-state index in [9.17, 15) is 0 Å². The van der Waals surface area contributed by atoms with Gasteiger partial charge in [-0.3, -0.25) is 0 Å². The molecule has 0 unspecified atom stereocenters. The molecule has 0 saturated heterocycles. The van der Waals surface area contributed by atoms with Crippen LogP contribution in [0.3, 0.4) is 0 Å². The molecule has 3 heteroatoms. The molecule has 0 atom stereocenters. The molecular weight excluding hydrogens is 274 g/mol. The number of aliphatic hydroxyl groups excluding tert-OH is 1. The van der Waals surface area contributed by atoms with Gasteiger partial charge in [-0.2, -0.15) is 0 Å². The van der Waals surface area contributed by atoms with Crippen molar-refractivity contribution in [3.05, 3.63) is 54.0 Å². The Kier molecular flexibility index (Phi) is 6.78. The summed E-state index contributed by atoms with van der Waals surface area (Å²) >= 11 is 0. The Labute approximate surface area is 132 Å². The van der Waals surface area contributed by atoms with E-state index >= 15 is 0 Å². The van der Waals surface area contributed by atoms with Crippen molar-refractivity contribution in [1.82, 2.24) is 0 Å². The molecule has 0 bridgehead atoms. The van der Waals surface area contributed by atoms with E-state index in [0.29, 0.717) is 6.61 Å². The Morgan fingerprint density at radius 3 is 2.50 bits per heavy atom. The number of benzene rings is 1. The largest absolute Gasteiger partial charge is 0.465 e. The highest BCUT2D eigenvalue weighted by Gasteiger charge is 2.03. The minimum Gasteiger partial charge on any atom is -0.465 e. The van der Waals surface area contributed by atoms with Crippen molar-refractivity contribution < 1.29 is 9.52 Å². The van der Waals surface area contributed by atoms with Crippen molar-refractivity contribution in [2.75, 3.05) is 24.6 Å². The zero-order valence-corrected chi connectivity index (χ0v) is 13.2. The van der Waals surface area contributed by atoms with Crippen molar-refractivity contribution in [3.63, 3.8) is 0 Å². The maximum absolute atomic E-state index is 8.83. The van der Waals surface area contributed by atoms with E-state index in [0.717, 1.165) is 43.7 Å². The summed E-state index contributed by atoms with van der Waals surface area (Å²) in [6.45, 7) is 4.51. The van der Waals surface area contributed by atoms with Crippen LogP contribution >= 0.6 is 0 Å². The molecule has 1 aromatic carbocycles. The predicted molar refractivity (Wildman–Crippen MR) is 92.9 cm³/mol. The highest BCUT2D eigenvalue weighted by atomic mass is 16.3. The highest BCUT2D eigenvalue weighted by Crippen LogP contribution is 2.17. The third-order valence-electron chi connectivity index (χ3n) is 3.71. The van der Waals surface area contributed by atoms with Gasteiger partial charge in [0.05, 0.1) is 6.26 Å². The van der Waals surface area contributed by atoms with Crippen molar-refractivity contribution in [1.29, 1.82) is 0 Å². The number of hydrogen-bond donors (Lipinski definition) is 1. The van der Waals surface area contributed by atoms with Gasteiger partial charge in [0.2, 0.25) is 0 Å². The van der Waals surface area contributed by atoms with Crippen LogP contribution in [0.2, 0.25) is 0 Å². The molecule has 0 aliphatic heterocycles. The fraction of sp³-hybridized carbons (Fsp3) is 0.368. The van der Waals surface area contributed by atoms with Gasteiger partial charge in [0.15, 0.2) is 0 Å². The van der Waals surface area contributed by atoms with Gasteiger partial charge < -0.3 is 14.4 Å². The van der Waals surface area contributed by atoms with Crippen LogP contribution in [0.4, 0.5) is 5.69 Å². The first-order chi connectivity index (χ1) is 10.8. The maximum Gasteiger partial charge on any atom is 0.126 e. The number of anilines is 1. The summed E-state index contributed by atoms with van der Waals surface area (Å²) < 4.78 is 5.29. The lowest BCUT2D eigenvalue weighted by atomic mass is 10.1. The summed E-state index contributed by atoms with van der Waals surface area (Å²) in [6, 6.07) is 12.4. The van der Waals surface area contributed by atoms with Crippen LogP contribution in [0.5, 0.6) is 0 Å². The van der Waals surface area contributed by atoms with Gasteiger partial charge in [0.25, 0.3) is 0 Å². The quantitative estimate of drug-likeness (QED) is 0.695. The Morgan fingerprint density at radius 2 is 1.86 bits per heavy atom. The Bertz CT molecular complexity index is 543. The van der Waals surface area contributed by atoms with E-state index in [2.05, 4.69) is 42.2 Å². The molecule has 0 amide bonds. The number of unbranched alkanes of at least 4 members (excludes halogenated alkanes) is 2. The lowest BCUT2D eigenvalue weighted by Crippen LogP contribution is -2.23. The van der Waals surface area contributed by atoms with Gasteiger partial charge in [-0.15, -0.1) is 0 Å². The number of hydrogen-bond acceptors (Lipinski definition) is 3. The lowest BCUT2D eigenvalue weighted by molar-refractivity contribution is 0.283. The summed E-state index contributed by atoms with van der Waals surface area (Å²) in [5, 5.41) is 8.83. The Balaban J connectivity index is 1.91. The maximum atomic E-state index is 8.83. The SMILES string of the molecule is CCN(CCCCCO)c1ccc(/C=C/c2ccco2)cc1. The van der Waals surface area contributed by atoms with Gasteiger partial charge in [-0.25, -0.2) is 0 Å². The van der Waals surface area contributed by atoms with Crippen LogP contribution in [0.15, 0.2) is 47.1 Å². The topological polar surface area (TPSA) is 36.6 Å². The lowest BCUT2D eigenvalue weighted by Gasteiger charge is -2.23. The van der Waals surface area contributed by atoms with E-state index in [1.54, 1.807) is 6.26 Å². The summed E-state index contributed by atoms with van der Waals surface area (Å²) in [5.74, 6) is 0.864. The number of aliphatic hydroxyl groups is 1. The van der Waals surface area contributed by atoms with Gasteiger partial charge in [0.1, 0.15) is 5.76 Å². The number of furan rings is 1. The van der Waals surface area contributed by atoms with Crippen LogP contribution in [0.1, 0.15) is 37.5 Å². The minimum atomic E-state index is 0.294. The van der Waals surface area contributed by atoms with E-state index in [1.165, 1.54) is 5.69 Å². The second-order valence-electron chi connectivity index (χ2n) is 5.30. The van der Waals surface area contributed by atoms with E-state index in [1.807, 2.05) is 18.2 Å². The molecule has 0 radical (unpaired) electrons. The molecule has 118 valence electrons. The summed E-state index contributed by atoms with van der Waals surface area (Å²) in [6.07, 6.45) is 8.81. The van der Waals surface area contributed by atoms with Crippen LogP contribution in [-0.4, -0.2) is 24.8 Å². The van der Waals surface area contributed by atoms with Crippen molar-refractivity contribution in [2.24, 2.45) is 0 Å². The normalized spacial score (nSPS) is 11.2. The summed E-state index contributed by atoms with van der Waals surface area (Å²) in [4.78, 5) is 2.37. The third kappa shape index (κ3) is 5.08. The van der Waals surface area contributed by atoms with Gasteiger partial charge >= 0.3 is 0 Å². The number of rotatable bonds is 9. The molecule has 3 nitrogen and oxygen atoms in total. The number of nitrogens with zero attached hydrogens (tertiary/aromatic N) is 1. The second-order valence-corrected chi connectivity index (χ2v) is 5.30. The smallest absolute Gasteiger partial charge is 0.126 e. The van der Waals surface area contributed by atoms with E-state index < -0.39 is 0 Å². The Hall–Kier alpha value is -2.00. The zero-order chi connectivity index (χ0) is 15.6. The van der Waals surface area contributed by atoms with Gasteiger partial charge in [0, 0.05) is 25.4 Å². The van der Waals surface area contributed by atoms with Crippen molar-refractivity contribution >= 4 is 17.8 Å². The van der Waals surface area contributed by atoms with Crippen LogP contribution in [0.25, 0.3) is 12.2 Å². The fourth-order valence-corrected chi connectivity index (χ4v) is 2.42. The monoisotopic (exact) mass is 299 g/mol. The van der Waals surface area contributed by atoms with Crippen molar-refractivity contribution in [3.8, 4) is 0 Å². The molecule has 1 heterocycles. The molecule has 0 aliphatic rings. The van der Waals surface area contributed by atoms with Gasteiger partial charge in [-0.05, 0) is 62.1 Å². The molecule has 0 aliphatic carbocycles. The van der Waals surface area contributed by atoms with Crippen LogP contribution in [0, 0.1) is 0 Å². The molecular formula is C19H25NO2. The predicted octanol–water partition coefficient (Wildman–Crippen LogP) is 4.44. The molecule has 2 rings (SSSR count). The average molecular weight is 299 g/mol. The molecule has 0 fully saturated rings. The standard InChI is InChI=1S/C19H25NO2/c1-2-20(14-4-3-5-15-21)18-11-8-17(9-12-18)10-13-19-7-6-16-22-19/h6-13,16,21H,2-5,14-15H2,1H3/b13-10+. The van der Waals surface area contributed by atoms with Gasteiger partial charge in [-0.1, -0.05) is 18.2 Å². The summed E-state index contributed by atoms with van der Waals surface area (Å²) in [7, 11) is 0.